The van der Waals surface area contributed by atoms with Crippen molar-refractivity contribution in [1.82, 2.24) is 5.32 Å². The molecule has 19 heavy (non-hydrogen) atoms. The standard InChI is InChI=1S/C13H20FN3S.HI/c1-3-6-16-13(15)17-8-10-4-5-12(14)7-11(10)9-18-2;/h4-5,7H,3,6,8-9H2,1-2H3,(H3,15,16,17);1H. The molecule has 0 atom stereocenters. The van der Waals surface area contributed by atoms with E-state index in [0.29, 0.717) is 12.5 Å². The van der Waals surface area contributed by atoms with Gasteiger partial charge in [0, 0.05) is 12.3 Å². The van der Waals surface area contributed by atoms with Gasteiger partial charge in [0.1, 0.15) is 5.82 Å². The zero-order valence-corrected chi connectivity index (χ0v) is 14.4. The summed E-state index contributed by atoms with van der Waals surface area (Å²) in [7, 11) is 0. The quantitative estimate of drug-likeness (QED) is 0.441. The van der Waals surface area contributed by atoms with Gasteiger partial charge in [0.05, 0.1) is 6.54 Å². The Labute approximate surface area is 135 Å². The van der Waals surface area contributed by atoms with E-state index in [9.17, 15) is 4.39 Å². The molecular weight excluding hydrogens is 376 g/mol. The van der Waals surface area contributed by atoms with Crippen LogP contribution in [0.1, 0.15) is 24.5 Å². The second-order valence-corrected chi connectivity index (χ2v) is 4.84. The van der Waals surface area contributed by atoms with Crippen molar-refractivity contribution < 1.29 is 4.39 Å². The van der Waals surface area contributed by atoms with Crippen LogP contribution in [0.3, 0.4) is 0 Å². The summed E-state index contributed by atoms with van der Waals surface area (Å²) in [4.78, 5) is 4.26. The fourth-order valence-corrected chi connectivity index (χ4v) is 2.10. The van der Waals surface area contributed by atoms with Crippen LogP contribution in [0, 0.1) is 5.82 Å². The molecule has 0 aromatic heterocycles. The molecule has 3 N–H and O–H groups in total. The first-order chi connectivity index (χ1) is 8.67. The number of nitrogens with zero attached hydrogens (tertiary/aromatic N) is 1. The van der Waals surface area contributed by atoms with Crippen LogP contribution >= 0.6 is 35.7 Å². The van der Waals surface area contributed by atoms with Crippen LogP contribution in [0.5, 0.6) is 0 Å². The van der Waals surface area contributed by atoms with Crippen molar-refractivity contribution >= 4 is 41.7 Å². The van der Waals surface area contributed by atoms with E-state index in [4.69, 9.17) is 5.73 Å². The maximum Gasteiger partial charge on any atom is 0.188 e. The van der Waals surface area contributed by atoms with Gasteiger partial charge in [-0.1, -0.05) is 13.0 Å². The number of hydrogen-bond acceptors (Lipinski definition) is 2. The lowest BCUT2D eigenvalue weighted by molar-refractivity contribution is 0.625. The molecule has 0 spiro atoms. The molecule has 0 saturated heterocycles. The molecule has 6 heteroatoms. The van der Waals surface area contributed by atoms with Crippen LogP contribution in [0.2, 0.25) is 0 Å². The van der Waals surface area contributed by atoms with Crippen LogP contribution in [0.15, 0.2) is 23.2 Å². The average molecular weight is 397 g/mol. The zero-order valence-electron chi connectivity index (χ0n) is 11.3. The van der Waals surface area contributed by atoms with Crippen LogP contribution in [0.4, 0.5) is 4.39 Å². The third-order valence-electron chi connectivity index (χ3n) is 2.44. The van der Waals surface area contributed by atoms with Gasteiger partial charge >= 0.3 is 0 Å². The van der Waals surface area contributed by atoms with E-state index in [2.05, 4.69) is 17.2 Å². The Balaban J connectivity index is 0.00000324. The first kappa shape index (κ1) is 18.5. The van der Waals surface area contributed by atoms with Gasteiger partial charge in [0.25, 0.3) is 0 Å². The van der Waals surface area contributed by atoms with Gasteiger partial charge in [-0.15, -0.1) is 24.0 Å². The highest BCUT2D eigenvalue weighted by molar-refractivity contribution is 14.0. The molecule has 108 valence electrons. The van der Waals surface area contributed by atoms with E-state index >= 15 is 0 Å². The van der Waals surface area contributed by atoms with Crippen molar-refractivity contribution in [1.29, 1.82) is 0 Å². The minimum absolute atomic E-state index is 0. The van der Waals surface area contributed by atoms with Crippen molar-refractivity contribution in [3.05, 3.63) is 35.1 Å². The number of thioether (sulfide) groups is 1. The summed E-state index contributed by atoms with van der Waals surface area (Å²) in [6, 6.07) is 4.80. The minimum atomic E-state index is -0.205. The predicted octanol–water partition coefficient (Wildman–Crippen LogP) is 3.12. The van der Waals surface area contributed by atoms with E-state index in [1.54, 1.807) is 23.9 Å². The van der Waals surface area contributed by atoms with Crippen molar-refractivity contribution in [2.24, 2.45) is 10.7 Å². The third kappa shape index (κ3) is 7.00. The topological polar surface area (TPSA) is 50.4 Å². The molecule has 0 aliphatic heterocycles. The maximum atomic E-state index is 13.2. The normalized spacial score (nSPS) is 11.0. The molecule has 0 radical (unpaired) electrons. The average Bonchev–Trinajstić information content (AvgIpc) is 2.36. The maximum absolute atomic E-state index is 13.2. The van der Waals surface area contributed by atoms with Gasteiger partial charge < -0.3 is 11.1 Å². The van der Waals surface area contributed by atoms with Crippen molar-refractivity contribution in [2.45, 2.75) is 25.6 Å². The third-order valence-corrected chi connectivity index (χ3v) is 3.04. The molecular formula is C13H21FIN3S. The van der Waals surface area contributed by atoms with E-state index in [-0.39, 0.29) is 29.8 Å². The second kappa shape index (κ2) is 10.3. The molecule has 0 bridgehead atoms. The molecule has 0 fully saturated rings. The Kier molecular flexibility index (Phi) is 10.0. The molecule has 0 saturated carbocycles. The van der Waals surface area contributed by atoms with Crippen LogP contribution in [-0.4, -0.2) is 18.8 Å². The summed E-state index contributed by atoms with van der Waals surface area (Å²) in [6.07, 6.45) is 3.00. The number of guanidine groups is 1. The molecule has 0 heterocycles. The van der Waals surface area contributed by atoms with Gasteiger partial charge in [0.15, 0.2) is 5.96 Å². The highest BCUT2D eigenvalue weighted by Gasteiger charge is 2.03. The smallest absolute Gasteiger partial charge is 0.188 e. The number of nitrogens with one attached hydrogen (secondary N) is 1. The first-order valence-electron chi connectivity index (χ1n) is 5.97. The minimum Gasteiger partial charge on any atom is -0.370 e. The fraction of sp³-hybridized carbons (Fsp3) is 0.462. The SMILES string of the molecule is CCCNC(N)=NCc1ccc(F)cc1CSC.I. The van der Waals surface area contributed by atoms with Gasteiger partial charge in [-0.25, -0.2) is 9.38 Å². The van der Waals surface area contributed by atoms with Crippen LogP contribution in [0.25, 0.3) is 0 Å². The lowest BCUT2D eigenvalue weighted by atomic mass is 10.1. The van der Waals surface area contributed by atoms with Gasteiger partial charge in [-0.2, -0.15) is 11.8 Å². The van der Waals surface area contributed by atoms with Gasteiger partial charge in [0.2, 0.25) is 0 Å². The van der Waals surface area contributed by atoms with Crippen molar-refractivity contribution in [3.8, 4) is 0 Å². The first-order valence-corrected chi connectivity index (χ1v) is 7.36. The van der Waals surface area contributed by atoms with Crippen molar-refractivity contribution in [2.75, 3.05) is 12.8 Å². The highest BCUT2D eigenvalue weighted by atomic mass is 127. The van der Waals surface area contributed by atoms with Crippen LogP contribution in [-0.2, 0) is 12.3 Å². The zero-order chi connectivity index (χ0) is 13.4. The van der Waals surface area contributed by atoms with Crippen LogP contribution < -0.4 is 11.1 Å². The second-order valence-electron chi connectivity index (χ2n) is 3.97. The lowest BCUT2D eigenvalue weighted by Crippen LogP contribution is -2.32. The number of aliphatic imine (C=N–C) groups is 1. The monoisotopic (exact) mass is 397 g/mol. The fourth-order valence-electron chi connectivity index (χ4n) is 1.52. The summed E-state index contributed by atoms with van der Waals surface area (Å²) < 4.78 is 13.2. The molecule has 0 amide bonds. The number of hydrogen-bond donors (Lipinski definition) is 2. The number of benzene rings is 1. The summed E-state index contributed by atoms with van der Waals surface area (Å²) in [5.74, 6) is 1.02. The van der Waals surface area contributed by atoms with E-state index < -0.39 is 0 Å². The predicted molar refractivity (Wildman–Crippen MR) is 92.7 cm³/mol. The summed E-state index contributed by atoms with van der Waals surface area (Å²) >= 11 is 1.66. The Morgan fingerprint density at radius 2 is 2.16 bits per heavy atom. The molecule has 1 rings (SSSR count). The molecule has 1 aromatic carbocycles. The van der Waals surface area contributed by atoms with E-state index in [1.165, 1.54) is 6.07 Å². The Morgan fingerprint density at radius 3 is 2.79 bits per heavy atom. The largest absolute Gasteiger partial charge is 0.370 e. The van der Waals surface area contributed by atoms with E-state index in [1.807, 2.05) is 6.26 Å². The van der Waals surface area contributed by atoms with E-state index in [0.717, 1.165) is 29.8 Å². The summed E-state index contributed by atoms with van der Waals surface area (Å²) in [6.45, 7) is 3.37. The van der Waals surface area contributed by atoms with Gasteiger partial charge in [-0.3, -0.25) is 0 Å². The van der Waals surface area contributed by atoms with Crippen molar-refractivity contribution in [3.63, 3.8) is 0 Å². The molecule has 0 aliphatic rings. The Morgan fingerprint density at radius 1 is 1.42 bits per heavy atom. The Bertz CT molecular complexity index is 413. The number of halogens is 2. The highest BCUT2D eigenvalue weighted by Crippen LogP contribution is 2.17. The molecule has 0 aliphatic carbocycles. The molecule has 0 unspecified atom stereocenters. The summed E-state index contributed by atoms with van der Waals surface area (Å²) in [5.41, 5.74) is 7.72. The number of nitrogens with two attached hydrogens (primary N) is 1. The summed E-state index contributed by atoms with van der Waals surface area (Å²) in [5, 5.41) is 3.01. The lowest BCUT2D eigenvalue weighted by Gasteiger charge is -2.08. The molecule has 1 aromatic rings. The number of rotatable bonds is 6. The Hall–Kier alpha value is -0.500. The molecule has 3 nitrogen and oxygen atoms in total. The van der Waals surface area contributed by atoms with Gasteiger partial charge in [-0.05, 0) is 35.9 Å².